The standard InChI is InChI=1S/C5H6O4/c6-4(7)5(8)9-3-1-2-3/h3H,1-2H2,(H,6,7). The number of carboxylic acids is 1. The molecule has 0 amide bonds. The number of ether oxygens (including phenoxy) is 1. The van der Waals surface area contributed by atoms with Gasteiger partial charge in [0.2, 0.25) is 0 Å². The molecule has 0 aromatic carbocycles. The average molecular weight is 130 g/mol. The molecule has 9 heavy (non-hydrogen) atoms. The molecule has 1 aliphatic carbocycles. The van der Waals surface area contributed by atoms with E-state index in [-0.39, 0.29) is 6.10 Å². The van der Waals surface area contributed by atoms with Crippen molar-refractivity contribution in [1.29, 1.82) is 0 Å². The molecular weight excluding hydrogens is 124 g/mol. The largest absolute Gasteiger partial charge is 0.473 e. The number of hydrogen-bond donors (Lipinski definition) is 1. The molecule has 4 nitrogen and oxygen atoms in total. The molecule has 0 aliphatic heterocycles. The Morgan fingerprint density at radius 1 is 1.44 bits per heavy atom. The lowest BCUT2D eigenvalue weighted by Crippen LogP contribution is -2.16. The Labute approximate surface area is 51.4 Å². The summed E-state index contributed by atoms with van der Waals surface area (Å²) in [6, 6.07) is 0. The zero-order valence-electron chi connectivity index (χ0n) is 4.66. The fourth-order valence-electron chi connectivity index (χ4n) is 0.388. The van der Waals surface area contributed by atoms with E-state index < -0.39 is 11.9 Å². The minimum Gasteiger partial charge on any atom is -0.473 e. The quantitative estimate of drug-likeness (QED) is 0.393. The van der Waals surface area contributed by atoms with Gasteiger partial charge >= 0.3 is 11.9 Å². The minimum atomic E-state index is -1.51. The van der Waals surface area contributed by atoms with Crippen molar-refractivity contribution < 1.29 is 19.4 Å². The van der Waals surface area contributed by atoms with Crippen LogP contribution in [0.25, 0.3) is 0 Å². The second-order valence-electron chi connectivity index (χ2n) is 1.91. The number of carboxylic acid groups (broad SMARTS) is 1. The van der Waals surface area contributed by atoms with Crippen molar-refractivity contribution in [3.8, 4) is 0 Å². The van der Waals surface area contributed by atoms with E-state index in [0.717, 1.165) is 12.8 Å². The van der Waals surface area contributed by atoms with Crippen LogP contribution in [0.1, 0.15) is 12.8 Å². The second kappa shape index (κ2) is 2.05. The maximum absolute atomic E-state index is 10.2. The number of rotatable bonds is 1. The third-order valence-corrected chi connectivity index (χ3v) is 0.973. The van der Waals surface area contributed by atoms with Crippen molar-refractivity contribution >= 4 is 11.9 Å². The summed E-state index contributed by atoms with van der Waals surface area (Å²) in [5, 5.41) is 7.98. The van der Waals surface area contributed by atoms with Gasteiger partial charge in [-0.2, -0.15) is 0 Å². The highest BCUT2D eigenvalue weighted by atomic mass is 16.6. The van der Waals surface area contributed by atoms with Crippen LogP contribution in [0.2, 0.25) is 0 Å². The molecule has 0 bridgehead atoms. The SMILES string of the molecule is O=C(O)C(=O)OC1CC1. The zero-order chi connectivity index (χ0) is 6.85. The fourth-order valence-corrected chi connectivity index (χ4v) is 0.388. The Morgan fingerprint density at radius 3 is 2.33 bits per heavy atom. The number of aliphatic carboxylic acids is 1. The van der Waals surface area contributed by atoms with Crippen molar-refractivity contribution in [2.75, 3.05) is 0 Å². The molecule has 1 aliphatic rings. The predicted molar refractivity (Wildman–Crippen MR) is 26.7 cm³/mol. The average Bonchev–Trinajstić information content (AvgIpc) is 2.50. The molecule has 0 aromatic rings. The van der Waals surface area contributed by atoms with Crippen molar-refractivity contribution in [2.24, 2.45) is 0 Å². The summed E-state index contributed by atoms with van der Waals surface area (Å²) in [6.07, 6.45) is 1.49. The fraction of sp³-hybridized carbons (Fsp3) is 0.600. The molecule has 1 N–H and O–H groups in total. The van der Waals surface area contributed by atoms with Crippen molar-refractivity contribution in [3.05, 3.63) is 0 Å². The van der Waals surface area contributed by atoms with Gasteiger partial charge in [-0.15, -0.1) is 0 Å². The van der Waals surface area contributed by atoms with Gasteiger partial charge in [0.05, 0.1) is 0 Å². The van der Waals surface area contributed by atoms with Gasteiger partial charge in [0.25, 0.3) is 0 Å². The first-order valence-corrected chi connectivity index (χ1v) is 2.64. The molecule has 50 valence electrons. The third kappa shape index (κ3) is 1.71. The van der Waals surface area contributed by atoms with Gasteiger partial charge in [0.1, 0.15) is 6.10 Å². The monoisotopic (exact) mass is 130 g/mol. The van der Waals surface area contributed by atoms with Crippen LogP contribution in [0.15, 0.2) is 0 Å². The van der Waals surface area contributed by atoms with Crippen LogP contribution >= 0.6 is 0 Å². The Bertz CT molecular complexity index is 147. The van der Waals surface area contributed by atoms with Crippen molar-refractivity contribution in [3.63, 3.8) is 0 Å². The van der Waals surface area contributed by atoms with E-state index in [0.29, 0.717) is 0 Å². The maximum atomic E-state index is 10.2. The lowest BCUT2D eigenvalue weighted by atomic mass is 10.7. The van der Waals surface area contributed by atoms with Crippen LogP contribution < -0.4 is 0 Å². The molecule has 0 spiro atoms. The zero-order valence-corrected chi connectivity index (χ0v) is 4.66. The molecule has 0 saturated heterocycles. The highest BCUT2D eigenvalue weighted by Crippen LogP contribution is 2.23. The molecule has 1 fully saturated rings. The summed E-state index contributed by atoms with van der Waals surface area (Å²) >= 11 is 0. The van der Waals surface area contributed by atoms with Crippen LogP contribution in [0, 0.1) is 0 Å². The van der Waals surface area contributed by atoms with Crippen LogP contribution in [0.3, 0.4) is 0 Å². The summed E-state index contributed by atoms with van der Waals surface area (Å²) in [4.78, 5) is 20.0. The highest BCUT2D eigenvalue weighted by molar-refractivity contribution is 6.28. The lowest BCUT2D eigenvalue weighted by molar-refractivity contribution is -0.164. The van der Waals surface area contributed by atoms with E-state index >= 15 is 0 Å². The van der Waals surface area contributed by atoms with Crippen LogP contribution in [-0.2, 0) is 14.3 Å². The highest BCUT2D eigenvalue weighted by Gasteiger charge is 2.28. The maximum Gasteiger partial charge on any atom is 0.417 e. The molecule has 4 heteroatoms. The first-order valence-electron chi connectivity index (χ1n) is 2.64. The molecule has 0 atom stereocenters. The second-order valence-corrected chi connectivity index (χ2v) is 1.91. The first-order chi connectivity index (χ1) is 4.20. The third-order valence-electron chi connectivity index (χ3n) is 0.973. The number of carbonyl (C=O) groups is 2. The summed E-state index contributed by atoms with van der Waals surface area (Å²) in [5.74, 6) is -2.65. The Morgan fingerprint density at radius 2 is 2.00 bits per heavy atom. The first kappa shape index (κ1) is 6.07. The number of hydrogen-bond acceptors (Lipinski definition) is 3. The smallest absolute Gasteiger partial charge is 0.417 e. The van der Waals surface area contributed by atoms with E-state index in [1.165, 1.54) is 0 Å². The topological polar surface area (TPSA) is 63.6 Å². The normalized spacial score (nSPS) is 16.9. The number of carbonyl (C=O) groups excluding carboxylic acids is 1. The summed E-state index contributed by atoms with van der Waals surface area (Å²) in [7, 11) is 0. The molecular formula is C5H6O4. The van der Waals surface area contributed by atoms with Crippen molar-refractivity contribution in [1.82, 2.24) is 0 Å². The van der Waals surface area contributed by atoms with Gasteiger partial charge < -0.3 is 9.84 Å². The number of esters is 1. The summed E-state index contributed by atoms with van der Waals surface area (Å²) in [5.41, 5.74) is 0. The Balaban J connectivity index is 2.25. The molecule has 0 radical (unpaired) electrons. The van der Waals surface area contributed by atoms with E-state index in [9.17, 15) is 9.59 Å². The van der Waals surface area contributed by atoms with Gasteiger partial charge in [-0.05, 0) is 12.8 Å². The van der Waals surface area contributed by atoms with E-state index in [4.69, 9.17) is 5.11 Å². The van der Waals surface area contributed by atoms with Gasteiger partial charge in [-0.25, -0.2) is 9.59 Å². The van der Waals surface area contributed by atoms with Gasteiger partial charge in [0, 0.05) is 0 Å². The van der Waals surface area contributed by atoms with Gasteiger partial charge in [0.15, 0.2) is 0 Å². The summed E-state index contributed by atoms with van der Waals surface area (Å²) < 4.78 is 4.38. The molecule has 0 heterocycles. The van der Waals surface area contributed by atoms with E-state index in [1.807, 2.05) is 0 Å². The molecule has 0 aromatic heterocycles. The lowest BCUT2D eigenvalue weighted by Gasteiger charge is -1.94. The predicted octanol–water partition coefficient (Wildman–Crippen LogP) is -0.223. The Kier molecular flexibility index (Phi) is 1.38. The van der Waals surface area contributed by atoms with E-state index in [1.54, 1.807) is 0 Å². The Hall–Kier alpha value is -1.06. The van der Waals surface area contributed by atoms with Crippen molar-refractivity contribution in [2.45, 2.75) is 18.9 Å². The van der Waals surface area contributed by atoms with Crippen LogP contribution in [0.4, 0.5) is 0 Å². The van der Waals surface area contributed by atoms with E-state index in [2.05, 4.69) is 4.74 Å². The van der Waals surface area contributed by atoms with Gasteiger partial charge in [-0.3, -0.25) is 0 Å². The van der Waals surface area contributed by atoms with Crippen LogP contribution in [-0.4, -0.2) is 23.1 Å². The van der Waals surface area contributed by atoms with Crippen LogP contribution in [0.5, 0.6) is 0 Å². The molecule has 1 saturated carbocycles. The summed E-state index contributed by atoms with van der Waals surface area (Å²) in [6.45, 7) is 0. The molecule has 0 unspecified atom stereocenters. The van der Waals surface area contributed by atoms with Gasteiger partial charge in [-0.1, -0.05) is 0 Å². The minimum absolute atomic E-state index is 0.117. The molecule has 1 rings (SSSR count).